The van der Waals surface area contributed by atoms with Gasteiger partial charge >= 0.3 is 0 Å². The second-order valence-corrected chi connectivity index (χ2v) is 10.8. The van der Waals surface area contributed by atoms with Gasteiger partial charge in [0.05, 0.1) is 21.8 Å². The van der Waals surface area contributed by atoms with E-state index in [1.165, 1.54) is 30.3 Å². The Bertz CT molecular complexity index is 1590. The number of hydrogen-bond acceptors (Lipinski definition) is 6. The Morgan fingerprint density at radius 1 is 1.16 bits per heavy atom. The molecule has 9 heteroatoms. The summed E-state index contributed by atoms with van der Waals surface area (Å²) in [6, 6.07) is 4.97. The van der Waals surface area contributed by atoms with Crippen molar-refractivity contribution in [1.82, 2.24) is 15.1 Å². The fourth-order valence-electron chi connectivity index (χ4n) is 5.19. The van der Waals surface area contributed by atoms with Crippen molar-refractivity contribution in [1.29, 1.82) is 0 Å². The number of carbonyl (C=O) groups excluding carboxylic acids is 3. The van der Waals surface area contributed by atoms with E-state index < -0.39 is 54.4 Å². The highest BCUT2D eigenvalue weighted by Crippen LogP contribution is 2.34. The Morgan fingerprint density at radius 2 is 1.89 bits per heavy atom. The third-order valence-electron chi connectivity index (χ3n) is 6.31. The Kier molecular flexibility index (Phi) is 4.86. The van der Waals surface area contributed by atoms with Gasteiger partial charge in [0.25, 0.3) is 5.91 Å². The van der Waals surface area contributed by atoms with Gasteiger partial charge in [-0.3, -0.25) is 24.6 Å². The van der Waals surface area contributed by atoms with E-state index in [4.69, 9.17) is 19.1 Å². The molecule has 8 nitrogen and oxygen atoms in total. The van der Waals surface area contributed by atoms with Crippen LogP contribution in [0.1, 0.15) is 77.1 Å². The van der Waals surface area contributed by atoms with Gasteiger partial charge in [-0.25, -0.2) is 4.39 Å². The third-order valence-corrected chi connectivity index (χ3v) is 6.31. The summed E-state index contributed by atoms with van der Waals surface area (Å²) >= 11 is 0. The summed E-state index contributed by atoms with van der Waals surface area (Å²) in [6.45, 7) is 6.34. The first-order chi connectivity index (χ1) is 20.5. The number of benzene rings is 2. The Balaban J connectivity index is 1.40. The van der Waals surface area contributed by atoms with Crippen molar-refractivity contribution in [3.05, 3.63) is 64.5 Å². The van der Waals surface area contributed by atoms with Crippen LogP contribution in [0.2, 0.25) is 0 Å². The van der Waals surface area contributed by atoms with E-state index in [1.807, 2.05) is 27.7 Å². The van der Waals surface area contributed by atoms with E-state index in [1.54, 1.807) is 11.4 Å². The van der Waals surface area contributed by atoms with Crippen molar-refractivity contribution in [3.8, 4) is 5.75 Å². The normalized spacial score (nSPS) is 31.4. The van der Waals surface area contributed by atoms with Crippen molar-refractivity contribution in [3.63, 3.8) is 0 Å². The zero-order valence-corrected chi connectivity index (χ0v) is 21.6. The van der Waals surface area contributed by atoms with Gasteiger partial charge in [0.2, 0.25) is 11.8 Å². The molecular weight excluding hydrogens is 489 g/mol. The van der Waals surface area contributed by atoms with Gasteiger partial charge in [0.1, 0.15) is 24.2 Å². The van der Waals surface area contributed by atoms with Crippen LogP contribution in [-0.2, 0) is 34.0 Å². The predicted molar refractivity (Wildman–Crippen MR) is 138 cm³/mol. The van der Waals surface area contributed by atoms with Crippen molar-refractivity contribution < 1.29 is 37.8 Å². The van der Waals surface area contributed by atoms with Gasteiger partial charge < -0.3 is 14.4 Å². The molecule has 1 N–H and O–H groups in total. The van der Waals surface area contributed by atoms with E-state index in [9.17, 15) is 14.4 Å². The lowest BCUT2D eigenvalue weighted by Crippen LogP contribution is -2.56. The van der Waals surface area contributed by atoms with Crippen LogP contribution in [0.4, 0.5) is 4.39 Å². The molecule has 3 heterocycles. The first-order valence-corrected chi connectivity index (χ1v) is 12.2. The summed E-state index contributed by atoms with van der Waals surface area (Å²) in [5.74, 6) is -5.44. The number of ether oxygens (including phenoxy) is 2. The number of amides is 3. The first kappa shape index (κ1) is 18.9. The van der Waals surface area contributed by atoms with Crippen molar-refractivity contribution in [2.45, 2.75) is 77.3 Å². The number of carbonyl (C=O) groups is 3. The van der Waals surface area contributed by atoms with Crippen LogP contribution in [0, 0.1) is 5.82 Å². The number of piperidine rings is 1. The molecule has 3 aliphatic rings. The Hall–Kier alpha value is -3.30. The average Bonchev–Trinajstić information content (AvgIpc) is 3.10. The van der Waals surface area contributed by atoms with Gasteiger partial charge in [0, 0.05) is 48.2 Å². The molecule has 0 spiro atoms. The molecule has 5 rings (SSSR count). The van der Waals surface area contributed by atoms with Gasteiger partial charge in [0.15, 0.2) is 0 Å². The van der Waals surface area contributed by atoms with Crippen LogP contribution in [0.15, 0.2) is 36.4 Å². The fraction of sp³-hybridized carbons (Fsp3) is 0.483. The molecule has 3 amide bonds. The molecule has 2 aromatic rings. The van der Waals surface area contributed by atoms with Crippen LogP contribution < -0.4 is 10.1 Å². The molecule has 0 aromatic heterocycles. The molecule has 0 radical (unpaired) electrons. The SMILES string of the molecule is [2H]C1([2H])c2c(OCc3ccc(CN4CC(C)(C)OC(C)(C)C4)cc3F)cccc2C(=O)N1C1([2H])C(=O)NC(=O)C([2H])([2H])C1([2H])[2H]. The summed E-state index contributed by atoms with van der Waals surface area (Å²) in [5.41, 5.74) is -0.708. The maximum atomic E-state index is 15.3. The zero-order chi connectivity index (χ0) is 33.5. The number of morpholine rings is 1. The molecule has 2 aromatic carbocycles. The molecule has 1 unspecified atom stereocenters. The standard InChI is InChI=1S/C29H34FN3O5/c1-28(2)16-32(17-29(3,4)38-28)13-18-8-9-19(22(30)12-18)15-37-24-7-5-6-20-21(24)14-33(27(20)36)23-10-11-25(34)31-26(23)35/h5-9,12,23H,10-11,13-17H2,1-4H3,(H,31,34,35)/i10D2,11D2,14D2,23D. The predicted octanol–water partition coefficient (Wildman–Crippen LogP) is 3.56. The zero-order valence-electron chi connectivity index (χ0n) is 28.6. The largest absolute Gasteiger partial charge is 0.488 e. The van der Waals surface area contributed by atoms with E-state index in [0.29, 0.717) is 19.6 Å². The minimum atomic E-state index is -3.66. The second kappa shape index (κ2) is 9.78. The van der Waals surface area contributed by atoms with Crippen LogP contribution in [0.3, 0.4) is 0 Å². The highest BCUT2D eigenvalue weighted by molar-refractivity contribution is 6.05. The maximum Gasteiger partial charge on any atom is 0.255 e. The van der Waals surface area contributed by atoms with E-state index in [-0.39, 0.29) is 39.6 Å². The van der Waals surface area contributed by atoms with Crippen LogP contribution >= 0.6 is 0 Å². The van der Waals surface area contributed by atoms with Crippen molar-refractivity contribution in [2.75, 3.05) is 13.1 Å². The number of hydrogen-bond donors (Lipinski definition) is 1. The fourth-order valence-corrected chi connectivity index (χ4v) is 5.19. The molecule has 2 fully saturated rings. The van der Waals surface area contributed by atoms with Crippen LogP contribution in [0.5, 0.6) is 5.75 Å². The molecule has 0 saturated carbocycles. The van der Waals surface area contributed by atoms with Gasteiger partial charge in [-0.15, -0.1) is 0 Å². The third kappa shape index (κ3) is 5.44. The lowest BCUT2D eigenvalue weighted by molar-refractivity contribution is -0.182. The number of halogens is 1. The molecule has 38 heavy (non-hydrogen) atoms. The van der Waals surface area contributed by atoms with Crippen LogP contribution in [0.25, 0.3) is 0 Å². The molecular formula is C29H34FN3O5. The molecule has 0 bridgehead atoms. The highest BCUT2D eigenvalue weighted by atomic mass is 19.1. The minimum Gasteiger partial charge on any atom is -0.488 e. The quantitative estimate of drug-likeness (QED) is 0.575. The molecule has 0 aliphatic carbocycles. The van der Waals surface area contributed by atoms with Gasteiger partial charge in [-0.05, 0) is 57.8 Å². The topological polar surface area (TPSA) is 88.2 Å². The monoisotopic (exact) mass is 530 g/mol. The van der Waals surface area contributed by atoms with Crippen molar-refractivity contribution >= 4 is 17.7 Å². The maximum absolute atomic E-state index is 15.3. The van der Waals surface area contributed by atoms with E-state index >= 15 is 4.39 Å². The second-order valence-electron chi connectivity index (χ2n) is 10.8. The average molecular weight is 531 g/mol. The summed E-state index contributed by atoms with van der Waals surface area (Å²) in [6.07, 6.45) is -7.13. The summed E-state index contributed by atoms with van der Waals surface area (Å²) in [7, 11) is 0. The highest BCUT2D eigenvalue weighted by Gasteiger charge is 2.40. The van der Waals surface area contributed by atoms with E-state index in [0.717, 1.165) is 5.56 Å². The minimum absolute atomic E-state index is 0.0132. The summed E-state index contributed by atoms with van der Waals surface area (Å²) < 4.78 is 85.8. The molecule has 1 atom stereocenters. The van der Waals surface area contributed by atoms with Crippen LogP contribution in [-0.4, -0.2) is 57.8 Å². The Morgan fingerprint density at radius 3 is 2.61 bits per heavy atom. The number of nitrogens with one attached hydrogen (secondary N) is 1. The van der Waals surface area contributed by atoms with Gasteiger partial charge in [-0.1, -0.05) is 18.2 Å². The lowest BCUT2D eigenvalue weighted by Gasteiger charge is -2.47. The van der Waals surface area contributed by atoms with Gasteiger partial charge in [-0.2, -0.15) is 0 Å². The number of fused-ring (bicyclic) bond motifs is 1. The molecule has 2 saturated heterocycles. The van der Waals surface area contributed by atoms with E-state index in [2.05, 4.69) is 4.90 Å². The van der Waals surface area contributed by atoms with Crippen molar-refractivity contribution in [2.24, 2.45) is 0 Å². The molecule has 3 aliphatic heterocycles. The smallest absolute Gasteiger partial charge is 0.255 e. The lowest BCUT2D eigenvalue weighted by atomic mass is 9.98. The number of nitrogens with zero attached hydrogens (tertiary/aromatic N) is 2. The molecule has 202 valence electrons. The summed E-state index contributed by atoms with van der Waals surface area (Å²) in [4.78, 5) is 40.6. The summed E-state index contributed by atoms with van der Waals surface area (Å²) in [5, 5.41) is 1.56. The first-order valence-electron chi connectivity index (χ1n) is 15.7. The Labute approximate surface area is 231 Å². The number of rotatable bonds is 6. The number of imide groups is 1.